The molecule has 0 aliphatic heterocycles. The Kier molecular flexibility index (Phi) is 26.4. The van der Waals surface area contributed by atoms with Crippen molar-refractivity contribution >= 4 is 35.4 Å². The maximum absolute atomic E-state index is 4.76. The molecule has 0 amide bonds. The van der Waals surface area contributed by atoms with Crippen molar-refractivity contribution in [1.82, 2.24) is 19.1 Å². The molecule has 0 N–H and O–H groups in total. The molecule has 10 heteroatoms. The van der Waals surface area contributed by atoms with Gasteiger partial charge in [0.15, 0.2) is 0 Å². The van der Waals surface area contributed by atoms with E-state index in [0.717, 1.165) is 11.6 Å². The van der Waals surface area contributed by atoms with Crippen LogP contribution in [0.4, 0.5) is 23.0 Å². The predicted octanol–water partition coefficient (Wildman–Crippen LogP) is 1.60. The van der Waals surface area contributed by atoms with Crippen molar-refractivity contribution in [3.63, 3.8) is 0 Å². The van der Waals surface area contributed by atoms with Gasteiger partial charge in [0, 0.05) is 75.2 Å². The summed E-state index contributed by atoms with van der Waals surface area (Å²) in [6.45, 7) is 29.7. The van der Waals surface area contributed by atoms with Crippen LogP contribution in [0.3, 0.4) is 0 Å². The van der Waals surface area contributed by atoms with E-state index in [1.165, 1.54) is 67.0 Å². The van der Waals surface area contributed by atoms with Crippen molar-refractivity contribution in [3.8, 4) is 22.3 Å². The standard InChI is InChI=1S/C48H60N4.4BrH.2Pd/c1-14-51(45-20-16-18-22-49-45)47-39(31(5)6)26-37(27-40(47)32(7)8)43-24-36(30(3)4)25-44(35(43)13)38-28-41(33(9)10)48(42(29-38)34(11)12)52(15-2)46-21-17-19-23-50-46;;;;;;/h14-34H,1-13H3;4*1H;;/q+2;;;;;;/p-4. The SMILES string of the molecule is CC=[N+](c1ccccn1)c1c(C(C)C)cc(-c2cc(C(C)C)cc(-c3cc(C(C)C)c([N+](=CC)c4ccccn4)c(C(C)C)c3)c2C)cc1C(C)C.[Br-].[Br-].[Br-].[Br-].[Pd].[Pd]. The third kappa shape index (κ3) is 12.8. The number of aromatic nitrogens is 2. The fourth-order valence-electron chi connectivity index (χ4n) is 7.40. The molecule has 2 aromatic heterocycles. The Bertz CT molecular complexity index is 1910. The summed E-state index contributed by atoms with van der Waals surface area (Å²) in [6.07, 6.45) is 8.08. The van der Waals surface area contributed by atoms with Gasteiger partial charge in [-0.25, -0.2) is 9.15 Å². The molecule has 0 radical (unpaired) electrons. The fourth-order valence-corrected chi connectivity index (χ4v) is 7.40. The smallest absolute Gasteiger partial charge is 0.327 e. The van der Waals surface area contributed by atoms with Crippen LogP contribution in [0.5, 0.6) is 0 Å². The number of halogens is 4. The van der Waals surface area contributed by atoms with Crippen LogP contribution in [0.1, 0.15) is 146 Å². The molecule has 5 rings (SSSR count). The van der Waals surface area contributed by atoms with Crippen LogP contribution in [-0.2, 0) is 40.8 Å². The minimum Gasteiger partial charge on any atom is -1.00 e. The molecule has 0 saturated heterocycles. The molecule has 0 aliphatic carbocycles. The molecule has 0 atom stereocenters. The summed E-state index contributed by atoms with van der Waals surface area (Å²) in [5.74, 6) is 3.53. The van der Waals surface area contributed by atoms with Crippen molar-refractivity contribution in [3.05, 3.63) is 119 Å². The molecule has 0 spiro atoms. The second-order valence-corrected chi connectivity index (χ2v) is 15.7. The van der Waals surface area contributed by atoms with Crippen molar-refractivity contribution in [2.24, 2.45) is 0 Å². The van der Waals surface area contributed by atoms with Gasteiger partial charge in [-0.2, -0.15) is 0 Å². The van der Waals surface area contributed by atoms with Gasteiger partial charge in [-0.1, -0.05) is 93.5 Å². The molecule has 0 unspecified atom stereocenters. The molecule has 58 heavy (non-hydrogen) atoms. The molecular weight excluding hydrogens is 1170 g/mol. The van der Waals surface area contributed by atoms with Crippen molar-refractivity contribution in [2.75, 3.05) is 0 Å². The Balaban J connectivity index is 0. The summed E-state index contributed by atoms with van der Waals surface area (Å²) in [5.41, 5.74) is 15.7. The maximum Gasteiger partial charge on any atom is 0.327 e. The van der Waals surface area contributed by atoms with E-state index >= 15 is 0 Å². The van der Waals surface area contributed by atoms with Crippen LogP contribution in [0.2, 0.25) is 0 Å². The van der Waals surface area contributed by atoms with E-state index in [4.69, 9.17) is 9.97 Å². The molecule has 0 fully saturated rings. The minimum absolute atomic E-state index is 0. The summed E-state index contributed by atoms with van der Waals surface area (Å²) in [6, 6.07) is 27.0. The Morgan fingerprint density at radius 3 is 1.00 bits per heavy atom. The quantitative estimate of drug-likeness (QED) is 0.115. The summed E-state index contributed by atoms with van der Waals surface area (Å²) in [5, 5.41) is 0. The first-order chi connectivity index (χ1) is 24.8. The van der Waals surface area contributed by atoms with Crippen molar-refractivity contribution in [1.29, 1.82) is 0 Å². The third-order valence-corrected chi connectivity index (χ3v) is 10.3. The number of rotatable bonds is 11. The van der Waals surface area contributed by atoms with E-state index in [-0.39, 0.29) is 109 Å². The van der Waals surface area contributed by atoms with E-state index in [1.54, 1.807) is 0 Å². The van der Waals surface area contributed by atoms with Crippen LogP contribution in [-0.4, -0.2) is 22.4 Å². The number of hydrogen-bond donors (Lipinski definition) is 0. The topological polar surface area (TPSA) is 31.8 Å². The zero-order chi connectivity index (χ0) is 37.9. The van der Waals surface area contributed by atoms with Crippen LogP contribution in [0.25, 0.3) is 22.3 Å². The summed E-state index contributed by atoms with van der Waals surface area (Å²) in [4.78, 5) is 9.53. The summed E-state index contributed by atoms with van der Waals surface area (Å²) in [7, 11) is 0. The second-order valence-electron chi connectivity index (χ2n) is 15.7. The first-order valence-electron chi connectivity index (χ1n) is 19.3. The van der Waals surface area contributed by atoms with Gasteiger partial charge in [-0.3, -0.25) is 0 Å². The van der Waals surface area contributed by atoms with E-state index < -0.39 is 0 Å². The number of nitrogens with zero attached hydrogens (tertiary/aromatic N) is 4. The Labute approximate surface area is 419 Å². The van der Waals surface area contributed by atoms with Crippen LogP contribution in [0.15, 0.2) is 85.2 Å². The zero-order valence-corrected chi connectivity index (χ0v) is 45.5. The molecule has 3 aromatic carbocycles. The molecule has 0 bridgehead atoms. The Hall–Kier alpha value is -1.46. The number of pyridine rings is 2. The van der Waals surface area contributed by atoms with Gasteiger partial charge in [-0.15, -0.1) is 0 Å². The Morgan fingerprint density at radius 2 is 0.776 bits per heavy atom. The number of benzene rings is 3. The van der Waals surface area contributed by atoms with Crippen LogP contribution >= 0.6 is 0 Å². The molecule has 0 aliphatic rings. The molecule has 5 aromatic rings. The van der Waals surface area contributed by atoms with Crippen molar-refractivity contribution < 1.29 is 109 Å². The Morgan fingerprint density at radius 1 is 0.466 bits per heavy atom. The molecule has 322 valence electrons. The minimum atomic E-state index is 0. The van der Waals surface area contributed by atoms with E-state index in [0.29, 0.717) is 29.6 Å². The van der Waals surface area contributed by atoms with Crippen LogP contribution < -0.4 is 77.1 Å². The summed E-state index contributed by atoms with van der Waals surface area (Å²) >= 11 is 0. The van der Waals surface area contributed by atoms with Gasteiger partial charge >= 0.3 is 11.6 Å². The first kappa shape index (κ1) is 58.6. The van der Waals surface area contributed by atoms with Gasteiger partial charge in [0.1, 0.15) is 23.8 Å². The van der Waals surface area contributed by atoms with Crippen molar-refractivity contribution in [2.45, 2.75) is 120 Å². The number of hydrogen-bond acceptors (Lipinski definition) is 2. The van der Waals surface area contributed by atoms with Gasteiger partial charge in [-0.05, 0) is 130 Å². The van der Waals surface area contributed by atoms with E-state index in [9.17, 15) is 0 Å². The largest absolute Gasteiger partial charge is 1.00 e. The molecular formula is C48H60Br4N4Pd2-2. The second kappa shape index (κ2) is 26.1. The monoisotopic (exact) mass is 1220 g/mol. The predicted molar refractivity (Wildman–Crippen MR) is 227 cm³/mol. The van der Waals surface area contributed by atoms with Gasteiger partial charge in [0.25, 0.3) is 0 Å². The normalized spacial score (nSPS) is 11.3. The molecule has 2 heterocycles. The first-order valence-corrected chi connectivity index (χ1v) is 19.3. The molecule has 4 nitrogen and oxygen atoms in total. The average Bonchev–Trinajstić information content (AvgIpc) is 3.12. The van der Waals surface area contributed by atoms with E-state index in [1.807, 2.05) is 24.5 Å². The third-order valence-electron chi connectivity index (χ3n) is 10.3. The van der Waals surface area contributed by atoms with Gasteiger partial charge in [0.2, 0.25) is 0 Å². The summed E-state index contributed by atoms with van der Waals surface area (Å²) < 4.78 is 4.56. The maximum atomic E-state index is 4.76. The fraction of sp³-hybridized carbons (Fsp3) is 0.375. The average molecular weight is 1230 g/mol. The van der Waals surface area contributed by atoms with Crippen LogP contribution in [0, 0.1) is 6.92 Å². The van der Waals surface area contributed by atoms with Gasteiger partial charge in [0.05, 0.1) is 12.4 Å². The zero-order valence-electron chi connectivity index (χ0n) is 36.1. The molecule has 0 saturated carbocycles. The van der Waals surface area contributed by atoms with E-state index in [2.05, 4.69) is 172 Å². The van der Waals surface area contributed by atoms with Gasteiger partial charge < -0.3 is 67.9 Å².